The van der Waals surface area contributed by atoms with Crippen LogP contribution < -0.4 is 48.7 Å². The Morgan fingerprint density at radius 2 is 1.23 bits per heavy atom. The van der Waals surface area contributed by atoms with Crippen LogP contribution in [0.2, 0.25) is 0 Å². The summed E-state index contributed by atoms with van der Waals surface area (Å²) in [4.78, 5) is 156. The minimum Gasteiger partial charge on any atom is -0.508 e. The number of aliphatic carboxylic acids is 3. The summed E-state index contributed by atoms with van der Waals surface area (Å²) in [6.07, 6.45) is -2.50. The van der Waals surface area contributed by atoms with Crippen LogP contribution >= 0.6 is 0 Å². The molecule has 27 nitrogen and oxygen atoms in total. The Bertz CT molecular complexity index is 2110. The van der Waals surface area contributed by atoms with Crippen LogP contribution in [0.15, 0.2) is 24.3 Å². The SMILES string of the molecule is CC[C@H](C)[C@H](NC(=O)[C@H](CC(N)=O)NC(=O)[C@@H](NC(=O)[C@H](Cc1ccc(O)cc1)NC(=O)[C@H](CCC(=O)O)NC(=O)CNC(=O)[C@@H]1CCCN1C(=O)[C@@H](N)CO)C(C)C)C(=O)N[C@@H](CCC(=O)O)C(=O)O. The number of nitrogens with zero attached hydrogens (tertiary/aromatic N) is 1. The van der Waals surface area contributed by atoms with Crippen LogP contribution in [-0.2, 0) is 64.0 Å². The van der Waals surface area contributed by atoms with Crippen LogP contribution in [0.3, 0.4) is 0 Å². The maximum atomic E-state index is 14.2. The van der Waals surface area contributed by atoms with Gasteiger partial charge in [0.25, 0.3) is 0 Å². The van der Waals surface area contributed by atoms with Crippen molar-refractivity contribution >= 4 is 71.1 Å². The number of benzene rings is 1. The molecule has 1 aromatic rings. The third-order valence-electron chi connectivity index (χ3n) is 11.4. The van der Waals surface area contributed by atoms with Crippen molar-refractivity contribution in [3.05, 3.63) is 29.8 Å². The summed E-state index contributed by atoms with van der Waals surface area (Å²) < 4.78 is 0. The molecule has 0 bridgehead atoms. The first kappa shape index (κ1) is 59.7. The van der Waals surface area contributed by atoms with E-state index in [4.69, 9.17) is 16.6 Å². The van der Waals surface area contributed by atoms with Gasteiger partial charge in [-0.1, -0.05) is 46.2 Å². The molecule has 0 radical (unpaired) electrons. The topological polar surface area (TPSA) is 445 Å². The van der Waals surface area contributed by atoms with Crippen LogP contribution in [0.1, 0.15) is 84.6 Å². The molecular weight excluding hydrogens is 941 g/mol. The number of carbonyl (C=O) groups is 12. The molecule has 0 aromatic heterocycles. The van der Waals surface area contributed by atoms with Crippen molar-refractivity contribution in [2.75, 3.05) is 19.7 Å². The van der Waals surface area contributed by atoms with E-state index in [9.17, 15) is 78.0 Å². The number of likely N-dealkylation sites (tertiary alicyclic amines) is 1. The highest BCUT2D eigenvalue weighted by atomic mass is 16.4. The number of nitrogens with two attached hydrogens (primary N) is 2. The molecule has 1 saturated heterocycles. The molecule has 1 aliphatic rings. The van der Waals surface area contributed by atoms with E-state index in [-0.39, 0.29) is 31.6 Å². The highest BCUT2D eigenvalue weighted by Crippen LogP contribution is 2.19. The van der Waals surface area contributed by atoms with Gasteiger partial charge in [0, 0.05) is 25.8 Å². The number of hydrogen-bond acceptors (Lipinski definition) is 15. The Hall–Kier alpha value is -7.42. The number of aliphatic hydroxyl groups excluding tert-OH is 1. The Morgan fingerprint density at radius 1 is 0.704 bits per heavy atom. The lowest BCUT2D eigenvalue weighted by molar-refractivity contribution is -0.144. The number of phenols is 1. The van der Waals surface area contributed by atoms with Crippen molar-refractivity contribution in [1.82, 2.24) is 42.1 Å². The van der Waals surface area contributed by atoms with E-state index < -0.39 is 176 Å². The van der Waals surface area contributed by atoms with Crippen molar-refractivity contribution < 1.29 is 83.1 Å². The molecule has 1 fully saturated rings. The van der Waals surface area contributed by atoms with Crippen LogP contribution in [-0.4, -0.2) is 170 Å². The number of aliphatic hydroxyl groups is 1. The van der Waals surface area contributed by atoms with Crippen LogP contribution in [0, 0.1) is 11.8 Å². The number of carbonyl (C=O) groups excluding carboxylic acids is 9. The maximum Gasteiger partial charge on any atom is 0.326 e. The molecule has 1 aliphatic heterocycles. The summed E-state index contributed by atoms with van der Waals surface area (Å²) >= 11 is 0. The molecule has 71 heavy (non-hydrogen) atoms. The summed E-state index contributed by atoms with van der Waals surface area (Å²) in [5.41, 5.74) is 11.4. The molecule has 0 unspecified atom stereocenters. The van der Waals surface area contributed by atoms with Gasteiger partial charge < -0.3 is 79.1 Å². The molecule has 1 heterocycles. The van der Waals surface area contributed by atoms with Gasteiger partial charge in [0.1, 0.15) is 54.1 Å². The first-order chi connectivity index (χ1) is 33.3. The number of primary amides is 1. The van der Waals surface area contributed by atoms with Gasteiger partial charge in [-0.2, -0.15) is 0 Å². The van der Waals surface area contributed by atoms with Gasteiger partial charge in [0.15, 0.2) is 0 Å². The predicted molar refractivity (Wildman–Crippen MR) is 246 cm³/mol. The van der Waals surface area contributed by atoms with E-state index in [0.717, 1.165) is 0 Å². The fourth-order valence-electron chi connectivity index (χ4n) is 7.21. The highest BCUT2D eigenvalue weighted by molar-refractivity contribution is 5.99. The van der Waals surface area contributed by atoms with Gasteiger partial charge in [-0.25, -0.2) is 4.79 Å². The second-order valence-electron chi connectivity index (χ2n) is 17.3. The van der Waals surface area contributed by atoms with Crippen LogP contribution in [0.5, 0.6) is 5.75 Å². The molecular formula is C44H66N10O17. The van der Waals surface area contributed by atoms with Crippen molar-refractivity contribution in [3.63, 3.8) is 0 Å². The number of carboxylic acids is 3. The van der Waals surface area contributed by atoms with E-state index in [1.807, 2.05) is 0 Å². The van der Waals surface area contributed by atoms with E-state index in [2.05, 4.69) is 37.2 Å². The molecule has 0 saturated carbocycles. The standard InChI is InChI=1S/C44H66N10O17/c1-5-22(4)36(42(68)49-27(44(70)71)13-15-34(61)62)53-39(65)29(18-31(46)57)51-41(67)35(21(2)3)52-38(64)28(17-23-8-10-24(56)11-9-23)50-37(63)26(12-14-33(59)60)48-32(58)19-47-40(66)30-7-6-16-54(30)43(69)25(45)20-55/h8-11,21-22,25-30,35-36,55-56H,5-7,12-20,45H2,1-4H3,(H2,46,57)(H,47,66)(H,48,58)(H,49,68)(H,50,63)(H,51,67)(H,52,64)(H,53,65)(H,59,60)(H,61,62)(H,70,71)/t22-,25-,26-,27-,28-,29-,30-,35-,36-/m0/s1. The van der Waals surface area contributed by atoms with Crippen molar-refractivity contribution in [2.45, 2.75) is 134 Å². The molecule has 2 rings (SSSR count). The molecule has 9 amide bonds. The summed E-state index contributed by atoms with van der Waals surface area (Å²) in [6.45, 7) is 4.95. The van der Waals surface area contributed by atoms with Gasteiger partial charge in [0.05, 0.1) is 19.6 Å². The molecule has 16 N–H and O–H groups in total. The number of phenolic OH excluding ortho intramolecular Hbond substituents is 1. The van der Waals surface area contributed by atoms with Gasteiger partial charge in [-0.15, -0.1) is 0 Å². The number of nitrogens with one attached hydrogen (secondary N) is 7. The van der Waals surface area contributed by atoms with E-state index in [1.54, 1.807) is 6.92 Å². The zero-order valence-electron chi connectivity index (χ0n) is 39.8. The number of hydrogen-bond donors (Lipinski definition) is 14. The Balaban J connectivity index is 2.37. The summed E-state index contributed by atoms with van der Waals surface area (Å²) in [5, 5.41) is 63.8. The normalized spacial score (nSPS) is 16.5. The minimum absolute atomic E-state index is 0.148. The number of amides is 9. The number of aromatic hydroxyl groups is 1. The molecule has 0 spiro atoms. The van der Waals surface area contributed by atoms with Gasteiger partial charge in [-0.05, 0) is 55.2 Å². The molecule has 27 heteroatoms. The number of carboxylic acid groups (broad SMARTS) is 3. The first-order valence-corrected chi connectivity index (χ1v) is 22.8. The van der Waals surface area contributed by atoms with E-state index in [0.29, 0.717) is 12.0 Å². The van der Waals surface area contributed by atoms with Gasteiger partial charge in [-0.3, -0.25) is 52.7 Å². The minimum atomic E-state index is -1.78. The first-order valence-electron chi connectivity index (χ1n) is 22.8. The summed E-state index contributed by atoms with van der Waals surface area (Å²) in [6, 6.07) is -6.53. The number of rotatable bonds is 30. The quantitative estimate of drug-likeness (QED) is 0.0346. The van der Waals surface area contributed by atoms with Crippen molar-refractivity contribution in [1.29, 1.82) is 0 Å². The summed E-state index contributed by atoms with van der Waals surface area (Å²) in [7, 11) is 0. The highest BCUT2D eigenvalue weighted by Gasteiger charge is 2.38. The lowest BCUT2D eigenvalue weighted by atomic mass is 9.96. The van der Waals surface area contributed by atoms with Gasteiger partial charge in [0.2, 0.25) is 53.2 Å². The van der Waals surface area contributed by atoms with Crippen molar-refractivity contribution in [3.8, 4) is 5.75 Å². The smallest absolute Gasteiger partial charge is 0.326 e. The average molecular weight is 1010 g/mol. The van der Waals surface area contributed by atoms with Gasteiger partial charge >= 0.3 is 17.9 Å². The largest absolute Gasteiger partial charge is 0.508 e. The molecule has 394 valence electrons. The fraction of sp³-hybridized carbons (Fsp3) is 0.591. The predicted octanol–water partition coefficient (Wildman–Crippen LogP) is -4.34. The second kappa shape index (κ2) is 28.9. The summed E-state index contributed by atoms with van der Waals surface area (Å²) in [5.74, 6) is -14.6. The van der Waals surface area contributed by atoms with E-state index >= 15 is 0 Å². The molecule has 9 atom stereocenters. The Kier molecular flexibility index (Phi) is 24.3. The lowest BCUT2D eigenvalue weighted by Crippen LogP contribution is -2.61. The molecule has 0 aliphatic carbocycles. The monoisotopic (exact) mass is 1010 g/mol. The Morgan fingerprint density at radius 3 is 1.76 bits per heavy atom. The lowest BCUT2D eigenvalue weighted by Gasteiger charge is -2.29. The Labute approximate surface area is 407 Å². The third kappa shape index (κ3) is 19.8. The zero-order valence-corrected chi connectivity index (χ0v) is 39.8. The van der Waals surface area contributed by atoms with Crippen LogP contribution in [0.4, 0.5) is 0 Å². The second-order valence-corrected chi connectivity index (χ2v) is 17.3. The van der Waals surface area contributed by atoms with E-state index in [1.165, 1.54) is 49.9 Å². The average Bonchev–Trinajstić information content (AvgIpc) is 3.80. The zero-order chi connectivity index (χ0) is 53.7. The molecule has 1 aromatic carbocycles. The van der Waals surface area contributed by atoms with Crippen molar-refractivity contribution in [2.24, 2.45) is 23.3 Å². The fourth-order valence-corrected chi connectivity index (χ4v) is 7.21. The van der Waals surface area contributed by atoms with Crippen LogP contribution in [0.25, 0.3) is 0 Å². The third-order valence-corrected chi connectivity index (χ3v) is 11.4. The maximum absolute atomic E-state index is 14.2.